The van der Waals surface area contributed by atoms with Gasteiger partial charge in [-0.3, -0.25) is 19.3 Å². The molecule has 3 amide bonds. The number of rotatable bonds is 12. The first-order valence-electron chi connectivity index (χ1n) is 10.6. The lowest BCUT2D eigenvalue weighted by Gasteiger charge is -2.17. The van der Waals surface area contributed by atoms with E-state index in [4.69, 9.17) is 9.47 Å². The quantitative estimate of drug-likeness (QED) is 0.432. The molecule has 0 fully saturated rings. The first kappa shape index (κ1) is 26.5. The summed E-state index contributed by atoms with van der Waals surface area (Å²) in [5.41, 5.74) is 0.581. The molecule has 2 rings (SSSR count). The SMILES string of the molecule is CCOc1ccc(NC(=O)CN(C)CC(=O)NCC(=O)Nc2ccc(F)c(F)c2)cc1OCC. The number of ether oxygens (including phenoxy) is 2. The van der Waals surface area contributed by atoms with E-state index in [-0.39, 0.29) is 31.2 Å². The van der Waals surface area contributed by atoms with Crippen molar-refractivity contribution in [3.05, 3.63) is 48.0 Å². The number of benzene rings is 2. The molecule has 2 aromatic rings. The number of carbonyl (C=O) groups is 3. The van der Waals surface area contributed by atoms with Crippen molar-refractivity contribution in [3.8, 4) is 11.5 Å². The van der Waals surface area contributed by atoms with Crippen LogP contribution in [0.5, 0.6) is 11.5 Å². The predicted molar refractivity (Wildman–Crippen MR) is 123 cm³/mol. The van der Waals surface area contributed by atoms with Crippen LogP contribution >= 0.6 is 0 Å². The van der Waals surface area contributed by atoms with Gasteiger partial charge in [-0.2, -0.15) is 0 Å². The van der Waals surface area contributed by atoms with E-state index in [0.29, 0.717) is 30.4 Å². The standard InChI is InChI=1S/C23H28F2N4O5/c1-4-33-19-9-7-16(11-20(19)34-5-2)28-23(32)14-29(3)13-22(31)26-12-21(30)27-15-6-8-17(24)18(25)10-15/h6-11H,4-5,12-14H2,1-3H3,(H,26,31)(H,27,30)(H,28,32). The van der Waals surface area contributed by atoms with Crippen LogP contribution in [0, 0.1) is 11.6 Å². The van der Waals surface area contributed by atoms with E-state index in [1.807, 2.05) is 13.8 Å². The Labute approximate surface area is 196 Å². The second-order valence-corrected chi connectivity index (χ2v) is 7.20. The third kappa shape index (κ3) is 8.66. The Kier molecular flexibility index (Phi) is 10.2. The zero-order valence-corrected chi connectivity index (χ0v) is 19.2. The molecule has 0 unspecified atom stereocenters. The fraction of sp³-hybridized carbons (Fsp3) is 0.348. The van der Waals surface area contributed by atoms with Crippen LogP contribution in [-0.4, -0.2) is 62.5 Å². The summed E-state index contributed by atoms with van der Waals surface area (Å²) >= 11 is 0. The average molecular weight is 478 g/mol. The molecule has 0 atom stereocenters. The van der Waals surface area contributed by atoms with Crippen molar-refractivity contribution in [2.24, 2.45) is 0 Å². The van der Waals surface area contributed by atoms with Gasteiger partial charge in [0, 0.05) is 23.5 Å². The minimum Gasteiger partial charge on any atom is -0.490 e. The molecule has 0 aliphatic heterocycles. The Morgan fingerprint density at radius 3 is 2.06 bits per heavy atom. The van der Waals surface area contributed by atoms with Crippen molar-refractivity contribution in [2.75, 3.05) is 50.5 Å². The molecule has 0 aliphatic carbocycles. The maximum Gasteiger partial charge on any atom is 0.243 e. The number of nitrogens with one attached hydrogen (secondary N) is 3. The summed E-state index contributed by atoms with van der Waals surface area (Å²) in [6.45, 7) is 4.03. The predicted octanol–water partition coefficient (Wildman–Crippen LogP) is 2.39. The van der Waals surface area contributed by atoms with Gasteiger partial charge in [-0.1, -0.05) is 0 Å². The van der Waals surface area contributed by atoms with Gasteiger partial charge in [-0.05, 0) is 45.2 Å². The molecule has 0 aromatic heterocycles. The molecule has 0 spiro atoms. The molecule has 0 saturated heterocycles. The van der Waals surface area contributed by atoms with Gasteiger partial charge in [0.15, 0.2) is 23.1 Å². The molecular weight excluding hydrogens is 450 g/mol. The van der Waals surface area contributed by atoms with Crippen LogP contribution in [0.15, 0.2) is 36.4 Å². The molecule has 0 radical (unpaired) electrons. The maximum absolute atomic E-state index is 13.2. The monoisotopic (exact) mass is 478 g/mol. The average Bonchev–Trinajstić information content (AvgIpc) is 2.77. The van der Waals surface area contributed by atoms with Crippen molar-refractivity contribution in [1.29, 1.82) is 0 Å². The fourth-order valence-electron chi connectivity index (χ4n) is 2.89. The molecule has 2 aromatic carbocycles. The highest BCUT2D eigenvalue weighted by atomic mass is 19.2. The Hall–Kier alpha value is -3.73. The third-order valence-electron chi connectivity index (χ3n) is 4.30. The summed E-state index contributed by atoms with van der Waals surface area (Å²) in [7, 11) is 1.57. The number of carbonyl (C=O) groups excluding carboxylic acids is 3. The van der Waals surface area contributed by atoms with Crippen molar-refractivity contribution < 1.29 is 32.6 Å². The summed E-state index contributed by atoms with van der Waals surface area (Å²) < 4.78 is 37.1. The number of hydrogen-bond acceptors (Lipinski definition) is 6. The number of likely N-dealkylation sites (N-methyl/N-ethyl adjacent to an activating group) is 1. The van der Waals surface area contributed by atoms with Crippen LogP contribution in [0.1, 0.15) is 13.8 Å². The Morgan fingerprint density at radius 1 is 0.794 bits per heavy atom. The number of anilines is 2. The Balaban J connectivity index is 1.77. The lowest BCUT2D eigenvalue weighted by molar-refractivity contribution is -0.125. The van der Waals surface area contributed by atoms with Gasteiger partial charge >= 0.3 is 0 Å². The number of nitrogens with zero attached hydrogens (tertiary/aromatic N) is 1. The molecule has 184 valence electrons. The zero-order chi connectivity index (χ0) is 25.1. The molecule has 0 saturated carbocycles. The van der Waals surface area contributed by atoms with E-state index in [9.17, 15) is 23.2 Å². The summed E-state index contributed by atoms with van der Waals surface area (Å²) in [4.78, 5) is 37.7. The second-order valence-electron chi connectivity index (χ2n) is 7.20. The van der Waals surface area contributed by atoms with E-state index in [1.54, 1.807) is 25.2 Å². The summed E-state index contributed by atoms with van der Waals surface area (Å²) in [5, 5.41) is 7.48. The number of halogens is 2. The maximum atomic E-state index is 13.2. The minimum atomic E-state index is -1.10. The summed E-state index contributed by atoms with van der Waals surface area (Å²) in [6.07, 6.45) is 0. The summed E-state index contributed by atoms with van der Waals surface area (Å²) in [5.74, 6) is -2.49. The highest BCUT2D eigenvalue weighted by molar-refractivity contribution is 5.95. The van der Waals surface area contributed by atoms with Crippen LogP contribution in [0.3, 0.4) is 0 Å². The largest absolute Gasteiger partial charge is 0.490 e. The molecule has 0 heterocycles. The molecule has 11 heteroatoms. The lowest BCUT2D eigenvalue weighted by atomic mass is 10.2. The van der Waals surface area contributed by atoms with Gasteiger partial charge in [0.2, 0.25) is 17.7 Å². The van der Waals surface area contributed by atoms with Crippen LogP contribution in [0.2, 0.25) is 0 Å². The van der Waals surface area contributed by atoms with Crippen molar-refractivity contribution in [1.82, 2.24) is 10.2 Å². The minimum absolute atomic E-state index is 0.0636. The summed E-state index contributed by atoms with van der Waals surface area (Å²) in [6, 6.07) is 7.96. The Bertz CT molecular complexity index is 1020. The molecule has 0 bridgehead atoms. The molecular formula is C23H28F2N4O5. The highest BCUT2D eigenvalue weighted by Gasteiger charge is 2.14. The first-order chi connectivity index (χ1) is 16.2. The van der Waals surface area contributed by atoms with Crippen LogP contribution in [0.4, 0.5) is 20.2 Å². The van der Waals surface area contributed by atoms with E-state index < -0.39 is 23.4 Å². The smallest absolute Gasteiger partial charge is 0.243 e. The van der Waals surface area contributed by atoms with Gasteiger partial charge in [0.05, 0.1) is 32.8 Å². The Morgan fingerprint density at radius 2 is 1.38 bits per heavy atom. The zero-order valence-electron chi connectivity index (χ0n) is 19.2. The van der Waals surface area contributed by atoms with Crippen LogP contribution in [-0.2, 0) is 14.4 Å². The van der Waals surface area contributed by atoms with E-state index in [1.165, 1.54) is 11.0 Å². The van der Waals surface area contributed by atoms with Gasteiger partial charge in [-0.25, -0.2) is 8.78 Å². The lowest BCUT2D eigenvalue weighted by Crippen LogP contribution is -2.41. The number of hydrogen-bond donors (Lipinski definition) is 3. The van der Waals surface area contributed by atoms with Crippen LogP contribution < -0.4 is 25.4 Å². The molecule has 34 heavy (non-hydrogen) atoms. The fourth-order valence-corrected chi connectivity index (χ4v) is 2.89. The third-order valence-corrected chi connectivity index (χ3v) is 4.30. The number of amides is 3. The molecule has 0 aliphatic rings. The van der Waals surface area contributed by atoms with Crippen molar-refractivity contribution in [2.45, 2.75) is 13.8 Å². The normalized spacial score (nSPS) is 10.5. The van der Waals surface area contributed by atoms with Crippen LogP contribution in [0.25, 0.3) is 0 Å². The van der Waals surface area contributed by atoms with Crippen molar-refractivity contribution in [3.63, 3.8) is 0 Å². The molecule has 9 nitrogen and oxygen atoms in total. The first-order valence-corrected chi connectivity index (χ1v) is 10.6. The van der Waals surface area contributed by atoms with E-state index >= 15 is 0 Å². The van der Waals surface area contributed by atoms with Crippen molar-refractivity contribution >= 4 is 29.1 Å². The topological polar surface area (TPSA) is 109 Å². The van der Waals surface area contributed by atoms with Gasteiger partial charge < -0.3 is 25.4 Å². The van der Waals surface area contributed by atoms with Gasteiger partial charge in [-0.15, -0.1) is 0 Å². The second kappa shape index (κ2) is 13.1. The van der Waals surface area contributed by atoms with Gasteiger partial charge in [0.25, 0.3) is 0 Å². The molecule has 3 N–H and O–H groups in total. The van der Waals surface area contributed by atoms with Gasteiger partial charge in [0.1, 0.15) is 0 Å². The van der Waals surface area contributed by atoms with E-state index in [2.05, 4.69) is 16.0 Å². The highest BCUT2D eigenvalue weighted by Crippen LogP contribution is 2.30. The van der Waals surface area contributed by atoms with E-state index in [0.717, 1.165) is 12.1 Å².